The van der Waals surface area contributed by atoms with E-state index in [1.54, 1.807) is 23.9 Å². The molecule has 0 aromatic carbocycles. The fourth-order valence-electron chi connectivity index (χ4n) is 2.50. The minimum atomic E-state index is -0.312. The first-order valence-electron chi connectivity index (χ1n) is 7.95. The first-order valence-corrected chi connectivity index (χ1v) is 7.95. The Bertz CT molecular complexity index is 736. The average Bonchev–Trinajstić information content (AvgIpc) is 3.18. The SMILES string of the molecule is Cc1oc(-n2cccc2)c(C#N)c1C(=O)NCCCC(C)(C)CO. The monoisotopic (exact) mass is 329 g/mol. The van der Waals surface area contributed by atoms with Crippen LogP contribution in [0.25, 0.3) is 5.88 Å². The highest BCUT2D eigenvalue weighted by Crippen LogP contribution is 2.25. The summed E-state index contributed by atoms with van der Waals surface area (Å²) in [5.74, 6) is 0.461. The lowest BCUT2D eigenvalue weighted by Crippen LogP contribution is -2.27. The van der Waals surface area contributed by atoms with Gasteiger partial charge in [0.1, 0.15) is 23.0 Å². The van der Waals surface area contributed by atoms with Crippen LogP contribution < -0.4 is 5.32 Å². The second-order valence-electron chi connectivity index (χ2n) is 6.60. The maximum Gasteiger partial charge on any atom is 0.256 e. The standard InChI is InChI=1S/C18H23N3O3/c1-13-15(16(23)20-8-6-7-18(2,3)12-22)14(11-19)17(24-13)21-9-4-5-10-21/h4-5,9-10,22H,6-8,12H2,1-3H3,(H,20,23). The third kappa shape index (κ3) is 3.87. The number of aliphatic hydroxyl groups excluding tert-OH is 1. The van der Waals surface area contributed by atoms with Crippen molar-refractivity contribution in [3.05, 3.63) is 41.4 Å². The summed E-state index contributed by atoms with van der Waals surface area (Å²) in [5, 5.41) is 21.5. The number of nitriles is 1. The molecule has 128 valence electrons. The van der Waals surface area contributed by atoms with Gasteiger partial charge in [-0.15, -0.1) is 0 Å². The van der Waals surface area contributed by atoms with Crippen LogP contribution in [0.15, 0.2) is 28.9 Å². The quantitative estimate of drug-likeness (QED) is 0.764. The Kier molecular flexibility index (Phi) is 5.47. The van der Waals surface area contributed by atoms with E-state index in [-0.39, 0.29) is 29.1 Å². The van der Waals surface area contributed by atoms with Crippen LogP contribution in [0.5, 0.6) is 0 Å². The minimum Gasteiger partial charge on any atom is -0.443 e. The Labute approximate surface area is 141 Å². The third-order valence-electron chi connectivity index (χ3n) is 3.99. The highest BCUT2D eigenvalue weighted by atomic mass is 16.4. The number of hydrogen-bond acceptors (Lipinski definition) is 4. The number of aliphatic hydroxyl groups is 1. The van der Waals surface area contributed by atoms with E-state index in [9.17, 15) is 15.2 Å². The number of carbonyl (C=O) groups is 1. The summed E-state index contributed by atoms with van der Waals surface area (Å²) in [4.78, 5) is 12.4. The van der Waals surface area contributed by atoms with E-state index < -0.39 is 0 Å². The van der Waals surface area contributed by atoms with Gasteiger partial charge in [-0.2, -0.15) is 5.26 Å². The molecular formula is C18H23N3O3. The van der Waals surface area contributed by atoms with Crippen LogP contribution in [-0.2, 0) is 0 Å². The largest absolute Gasteiger partial charge is 0.443 e. The van der Waals surface area contributed by atoms with Gasteiger partial charge in [-0.25, -0.2) is 0 Å². The van der Waals surface area contributed by atoms with Crippen molar-refractivity contribution in [1.82, 2.24) is 9.88 Å². The zero-order valence-electron chi connectivity index (χ0n) is 14.3. The lowest BCUT2D eigenvalue weighted by Gasteiger charge is -2.21. The molecule has 24 heavy (non-hydrogen) atoms. The summed E-state index contributed by atoms with van der Waals surface area (Å²) in [5.41, 5.74) is 0.356. The van der Waals surface area contributed by atoms with E-state index in [4.69, 9.17) is 4.42 Å². The third-order valence-corrected chi connectivity index (χ3v) is 3.99. The number of rotatable bonds is 7. The number of furan rings is 1. The van der Waals surface area contributed by atoms with E-state index in [0.29, 0.717) is 18.2 Å². The van der Waals surface area contributed by atoms with Gasteiger partial charge in [0.25, 0.3) is 5.91 Å². The van der Waals surface area contributed by atoms with Crippen LogP contribution in [0.3, 0.4) is 0 Å². The Balaban J connectivity index is 2.09. The van der Waals surface area contributed by atoms with Crippen molar-refractivity contribution >= 4 is 5.91 Å². The second kappa shape index (κ2) is 7.37. The fourth-order valence-corrected chi connectivity index (χ4v) is 2.50. The second-order valence-corrected chi connectivity index (χ2v) is 6.60. The predicted octanol–water partition coefficient (Wildman–Crippen LogP) is 2.78. The zero-order chi connectivity index (χ0) is 17.7. The van der Waals surface area contributed by atoms with Crippen LogP contribution in [0.2, 0.25) is 0 Å². The van der Waals surface area contributed by atoms with E-state index in [0.717, 1.165) is 12.8 Å². The molecular weight excluding hydrogens is 306 g/mol. The number of carbonyl (C=O) groups excluding carboxylic acids is 1. The first-order chi connectivity index (χ1) is 11.4. The summed E-state index contributed by atoms with van der Waals surface area (Å²) in [7, 11) is 0. The normalized spacial score (nSPS) is 11.3. The summed E-state index contributed by atoms with van der Waals surface area (Å²) in [6, 6.07) is 5.71. The van der Waals surface area contributed by atoms with Gasteiger partial charge in [-0.1, -0.05) is 13.8 Å². The maximum absolute atomic E-state index is 12.4. The number of hydrogen-bond donors (Lipinski definition) is 2. The molecule has 2 aromatic rings. The lowest BCUT2D eigenvalue weighted by atomic mass is 9.89. The Morgan fingerprint density at radius 3 is 2.67 bits per heavy atom. The molecule has 0 aliphatic rings. The van der Waals surface area contributed by atoms with Gasteiger partial charge < -0.3 is 14.8 Å². The highest BCUT2D eigenvalue weighted by Gasteiger charge is 2.24. The van der Waals surface area contributed by atoms with Gasteiger partial charge in [-0.05, 0) is 37.3 Å². The fraction of sp³-hybridized carbons (Fsp3) is 0.444. The molecule has 0 bridgehead atoms. The van der Waals surface area contributed by atoms with Crippen LogP contribution in [0.1, 0.15) is 48.4 Å². The number of aromatic nitrogens is 1. The molecule has 1 amide bonds. The summed E-state index contributed by atoms with van der Waals surface area (Å²) >= 11 is 0. The van der Waals surface area contributed by atoms with Crippen LogP contribution in [-0.4, -0.2) is 28.7 Å². The highest BCUT2D eigenvalue weighted by molar-refractivity contribution is 5.98. The summed E-state index contributed by atoms with van der Waals surface area (Å²) < 4.78 is 7.30. The van der Waals surface area contributed by atoms with Crippen molar-refractivity contribution in [2.75, 3.05) is 13.2 Å². The molecule has 2 aromatic heterocycles. The molecule has 0 unspecified atom stereocenters. The van der Waals surface area contributed by atoms with Gasteiger partial charge in [0.15, 0.2) is 0 Å². The van der Waals surface area contributed by atoms with Crippen LogP contribution in [0.4, 0.5) is 0 Å². The number of aryl methyl sites for hydroxylation is 1. The minimum absolute atomic E-state index is 0.112. The van der Waals surface area contributed by atoms with E-state index >= 15 is 0 Å². The Morgan fingerprint density at radius 1 is 1.42 bits per heavy atom. The summed E-state index contributed by atoms with van der Waals surface area (Å²) in [6.07, 6.45) is 5.08. The van der Waals surface area contributed by atoms with Gasteiger partial charge in [0, 0.05) is 25.5 Å². The topological polar surface area (TPSA) is 91.2 Å². The van der Waals surface area contributed by atoms with Crippen LogP contribution >= 0.6 is 0 Å². The Morgan fingerprint density at radius 2 is 2.08 bits per heavy atom. The van der Waals surface area contributed by atoms with Gasteiger partial charge in [-0.3, -0.25) is 9.36 Å². The molecule has 0 radical (unpaired) electrons. The predicted molar refractivity (Wildman–Crippen MR) is 89.9 cm³/mol. The number of nitrogens with zero attached hydrogens (tertiary/aromatic N) is 2. The van der Waals surface area contributed by atoms with E-state index in [1.807, 2.05) is 26.0 Å². The lowest BCUT2D eigenvalue weighted by molar-refractivity contribution is 0.0947. The zero-order valence-corrected chi connectivity index (χ0v) is 14.3. The molecule has 2 rings (SSSR count). The number of nitrogens with one attached hydrogen (secondary N) is 1. The number of amides is 1. The van der Waals surface area contributed by atoms with Gasteiger partial charge in [0.2, 0.25) is 5.88 Å². The van der Waals surface area contributed by atoms with Crippen molar-refractivity contribution in [3.63, 3.8) is 0 Å². The molecule has 2 N–H and O–H groups in total. The van der Waals surface area contributed by atoms with Gasteiger partial charge >= 0.3 is 0 Å². The molecule has 0 aliphatic heterocycles. The molecule has 0 aliphatic carbocycles. The van der Waals surface area contributed by atoms with Crippen molar-refractivity contribution in [3.8, 4) is 12.0 Å². The van der Waals surface area contributed by atoms with Crippen molar-refractivity contribution in [1.29, 1.82) is 5.26 Å². The molecule has 0 fully saturated rings. The first kappa shape index (κ1) is 17.8. The molecule has 6 nitrogen and oxygen atoms in total. The van der Waals surface area contributed by atoms with E-state index in [1.165, 1.54) is 0 Å². The smallest absolute Gasteiger partial charge is 0.256 e. The van der Waals surface area contributed by atoms with Gasteiger partial charge in [0.05, 0.1) is 0 Å². The molecule has 0 spiro atoms. The average molecular weight is 329 g/mol. The summed E-state index contributed by atoms with van der Waals surface area (Å²) in [6.45, 7) is 6.23. The molecule has 6 heteroatoms. The van der Waals surface area contributed by atoms with Crippen molar-refractivity contribution < 1.29 is 14.3 Å². The van der Waals surface area contributed by atoms with Crippen molar-refractivity contribution in [2.45, 2.75) is 33.6 Å². The molecule has 2 heterocycles. The maximum atomic E-state index is 12.4. The van der Waals surface area contributed by atoms with Crippen LogP contribution in [0, 0.1) is 23.7 Å². The van der Waals surface area contributed by atoms with Crippen molar-refractivity contribution in [2.24, 2.45) is 5.41 Å². The van der Waals surface area contributed by atoms with E-state index in [2.05, 4.69) is 11.4 Å². The molecule has 0 atom stereocenters. The molecule has 0 saturated carbocycles. The molecule has 0 saturated heterocycles. The Hall–Kier alpha value is -2.52.